The number of aryl methyl sites for hydroxylation is 1. The summed E-state index contributed by atoms with van der Waals surface area (Å²) in [7, 11) is 0. The van der Waals surface area contributed by atoms with Crippen LogP contribution in [0.1, 0.15) is 11.1 Å². The van der Waals surface area contributed by atoms with Gasteiger partial charge in [-0.25, -0.2) is 4.98 Å². The van der Waals surface area contributed by atoms with E-state index < -0.39 is 0 Å². The van der Waals surface area contributed by atoms with Crippen molar-refractivity contribution < 1.29 is 14.0 Å². The third-order valence-electron chi connectivity index (χ3n) is 5.34. The van der Waals surface area contributed by atoms with E-state index in [0.29, 0.717) is 11.0 Å². The topological polar surface area (TPSA) is 84.2 Å². The normalized spacial score (nSPS) is 10.6. The second-order valence-corrected chi connectivity index (χ2v) is 8.68. The van der Waals surface area contributed by atoms with E-state index in [1.54, 1.807) is 0 Å². The maximum absolute atomic E-state index is 12.3. The molecule has 1 aromatic heterocycles. The molecule has 0 unspecified atom stereocenters. The molecule has 34 heavy (non-hydrogen) atoms. The lowest BCUT2D eigenvalue weighted by atomic mass is 10.1. The van der Waals surface area contributed by atoms with Crippen LogP contribution in [0.3, 0.4) is 0 Å². The molecule has 2 amide bonds. The first-order chi connectivity index (χ1) is 16.5. The van der Waals surface area contributed by atoms with Crippen LogP contribution in [-0.4, -0.2) is 29.1 Å². The summed E-state index contributed by atoms with van der Waals surface area (Å²) in [6.45, 7) is 3.83. The van der Waals surface area contributed by atoms with Crippen molar-refractivity contribution in [1.82, 2.24) is 10.3 Å². The van der Waals surface area contributed by atoms with Crippen LogP contribution in [0.5, 0.6) is 0 Å². The molecule has 7 heteroatoms. The molecule has 3 aromatic carbocycles. The molecule has 0 radical (unpaired) electrons. The third-order valence-corrected chi connectivity index (χ3v) is 6.17. The molecular formula is C27H25N3O3S. The highest BCUT2D eigenvalue weighted by Crippen LogP contribution is 2.35. The summed E-state index contributed by atoms with van der Waals surface area (Å²) in [5.74, 6) is 0.185. The summed E-state index contributed by atoms with van der Waals surface area (Å²) in [6, 6.07) is 25.2. The fourth-order valence-electron chi connectivity index (χ4n) is 3.38. The summed E-state index contributed by atoms with van der Waals surface area (Å²) in [5, 5.41) is 5.88. The number of hydrogen-bond acceptors (Lipinski definition) is 5. The van der Waals surface area contributed by atoms with Crippen LogP contribution in [0.25, 0.3) is 22.6 Å². The van der Waals surface area contributed by atoms with Gasteiger partial charge in [0.1, 0.15) is 5.69 Å². The number of thioether (sulfide) groups is 1. The summed E-state index contributed by atoms with van der Waals surface area (Å²) < 4.78 is 6.03. The van der Waals surface area contributed by atoms with Gasteiger partial charge in [-0.05, 0) is 31.0 Å². The first kappa shape index (κ1) is 23.3. The van der Waals surface area contributed by atoms with Crippen molar-refractivity contribution in [3.8, 4) is 22.6 Å². The Balaban J connectivity index is 1.37. The van der Waals surface area contributed by atoms with Gasteiger partial charge in [0.25, 0.3) is 5.22 Å². The number of nitrogens with zero attached hydrogens (tertiary/aromatic N) is 1. The van der Waals surface area contributed by atoms with Crippen molar-refractivity contribution in [3.63, 3.8) is 0 Å². The molecular weight excluding hydrogens is 446 g/mol. The Morgan fingerprint density at radius 1 is 0.853 bits per heavy atom. The van der Waals surface area contributed by atoms with Crippen molar-refractivity contribution in [2.45, 2.75) is 19.1 Å². The van der Waals surface area contributed by atoms with Gasteiger partial charge in [-0.2, -0.15) is 0 Å². The van der Waals surface area contributed by atoms with E-state index in [9.17, 15) is 9.59 Å². The number of carbonyl (C=O) groups is 2. The maximum Gasteiger partial charge on any atom is 0.257 e. The Morgan fingerprint density at radius 3 is 2.24 bits per heavy atom. The van der Waals surface area contributed by atoms with Gasteiger partial charge in [-0.15, -0.1) is 0 Å². The Morgan fingerprint density at radius 2 is 1.53 bits per heavy atom. The second-order valence-electron chi connectivity index (χ2n) is 7.75. The summed E-state index contributed by atoms with van der Waals surface area (Å²) in [5.41, 5.74) is 5.41. The van der Waals surface area contributed by atoms with E-state index >= 15 is 0 Å². The standard InChI is InChI=1S/C27H25N3O3S/c1-18-10-9-15-22(19(18)2)29-23(31)16-28-24(32)17-34-27-30-25(20-11-5-3-6-12-20)26(33-27)21-13-7-4-8-14-21/h3-15H,16-17H2,1-2H3,(H,28,32)(H,29,31). The van der Waals surface area contributed by atoms with Crippen LogP contribution >= 0.6 is 11.8 Å². The summed E-state index contributed by atoms with van der Waals surface area (Å²) in [6.07, 6.45) is 0. The van der Waals surface area contributed by atoms with Gasteiger partial charge < -0.3 is 15.1 Å². The predicted octanol–water partition coefficient (Wildman–Crippen LogP) is 5.47. The summed E-state index contributed by atoms with van der Waals surface area (Å²) in [4.78, 5) is 29.2. The van der Waals surface area contributed by atoms with Crippen LogP contribution < -0.4 is 10.6 Å². The quantitative estimate of drug-likeness (QED) is 0.333. The Hall–Kier alpha value is -3.84. The van der Waals surface area contributed by atoms with Crippen molar-refractivity contribution >= 4 is 29.3 Å². The molecule has 0 aliphatic rings. The Kier molecular flexibility index (Phi) is 7.44. The van der Waals surface area contributed by atoms with Gasteiger partial charge in [0.05, 0.1) is 12.3 Å². The molecule has 0 aliphatic carbocycles. The molecule has 0 fully saturated rings. The molecule has 0 saturated heterocycles. The van der Waals surface area contributed by atoms with E-state index in [1.807, 2.05) is 92.7 Å². The molecule has 4 aromatic rings. The van der Waals surface area contributed by atoms with Gasteiger partial charge in [0.15, 0.2) is 5.76 Å². The van der Waals surface area contributed by atoms with Crippen LogP contribution in [-0.2, 0) is 9.59 Å². The highest BCUT2D eigenvalue weighted by molar-refractivity contribution is 7.99. The molecule has 0 saturated carbocycles. The molecule has 0 spiro atoms. The van der Waals surface area contributed by atoms with Crippen molar-refractivity contribution in [2.24, 2.45) is 0 Å². The Labute approximate surface area is 202 Å². The van der Waals surface area contributed by atoms with Gasteiger partial charge >= 0.3 is 0 Å². The number of anilines is 1. The lowest BCUT2D eigenvalue weighted by Crippen LogP contribution is -2.34. The predicted molar refractivity (Wildman–Crippen MR) is 136 cm³/mol. The van der Waals surface area contributed by atoms with Crippen LogP contribution in [0.15, 0.2) is 88.5 Å². The molecule has 1 heterocycles. The lowest BCUT2D eigenvalue weighted by molar-refractivity contribution is -0.122. The number of benzene rings is 3. The number of nitrogens with one attached hydrogen (secondary N) is 2. The van der Waals surface area contributed by atoms with Crippen LogP contribution in [0.2, 0.25) is 0 Å². The summed E-state index contributed by atoms with van der Waals surface area (Å²) >= 11 is 1.19. The van der Waals surface area contributed by atoms with Gasteiger partial charge in [-0.3, -0.25) is 9.59 Å². The number of amides is 2. The maximum atomic E-state index is 12.3. The average molecular weight is 472 g/mol. The highest BCUT2D eigenvalue weighted by atomic mass is 32.2. The number of oxazole rings is 1. The van der Waals surface area contributed by atoms with Crippen LogP contribution in [0.4, 0.5) is 5.69 Å². The third kappa shape index (κ3) is 5.74. The molecule has 2 N–H and O–H groups in total. The molecule has 0 aliphatic heterocycles. The first-order valence-electron chi connectivity index (χ1n) is 10.9. The van der Waals surface area contributed by atoms with Crippen molar-refractivity contribution in [1.29, 1.82) is 0 Å². The SMILES string of the molecule is Cc1cccc(NC(=O)CNC(=O)CSc2nc(-c3ccccc3)c(-c3ccccc3)o2)c1C. The van der Waals surface area contributed by atoms with Gasteiger partial charge in [0, 0.05) is 16.8 Å². The number of carbonyl (C=O) groups excluding carboxylic acids is 2. The molecule has 6 nitrogen and oxygen atoms in total. The molecule has 0 bridgehead atoms. The molecule has 0 atom stereocenters. The highest BCUT2D eigenvalue weighted by Gasteiger charge is 2.18. The average Bonchev–Trinajstić information content (AvgIpc) is 3.30. The van der Waals surface area contributed by atoms with Crippen LogP contribution in [0, 0.1) is 13.8 Å². The molecule has 172 valence electrons. The van der Waals surface area contributed by atoms with Gasteiger partial charge in [-0.1, -0.05) is 84.6 Å². The largest absolute Gasteiger partial charge is 0.431 e. The zero-order valence-electron chi connectivity index (χ0n) is 19.0. The Bertz CT molecular complexity index is 1230. The van der Waals surface area contributed by atoms with E-state index in [0.717, 1.165) is 33.6 Å². The number of rotatable bonds is 8. The van der Waals surface area contributed by atoms with Crippen molar-refractivity contribution in [3.05, 3.63) is 90.0 Å². The fraction of sp³-hybridized carbons (Fsp3) is 0.148. The van der Waals surface area contributed by atoms with E-state index in [1.165, 1.54) is 11.8 Å². The number of aromatic nitrogens is 1. The fourth-order valence-corrected chi connectivity index (χ4v) is 4.03. The van der Waals surface area contributed by atoms with E-state index in [2.05, 4.69) is 15.6 Å². The molecule has 4 rings (SSSR count). The zero-order chi connectivity index (χ0) is 23.9. The minimum Gasteiger partial charge on any atom is -0.431 e. The van der Waals surface area contributed by atoms with E-state index in [-0.39, 0.29) is 24.1 Å². The minimum atomic E-state index is -0.277. The lowest BCUT2D eigenvalue weighted by Gasteiger charge is -2.10. The van der Waals surface area contributed by atoms with E-state index in [4.69, 9.17) is 4.42 Å². The van der Waals surface area contributed by atoms with Crippen molar-refractivity contribution in [2.75, 3.05) is 17.6 Å². The smallest absolute Gasteiger partial charge is 0.257 e. The first-order valence-corrected chi connectivity index (χ1v) is 11.9. The monoisotopic (exact) mass is 471 g/mol. The second kappa shape index (κ2) is 10.9. The minimum absolute atomic E-state index is 0.0831. The zero-order valence-corrected chi connectivity index (χ0v) is 19.8. The number of hydrogen-bond donors (Lipinski definition) is 2. The van der Waals surface area contributed by atoms with Gasteiger partial charge in [0.2, 0.25) is 11.8 Å².